The predicted octanol–water partition coefficient (Wildman–Crippen LogP) is 2.67. The summed E-state index contributed by atoms with van der Waals surface area (Å²) in [6, 6.07) is 8.99. The Morgan fingerprint density at radius 1 is 1.18 bits per heavy atom. The normalized spacial score (nSPS) is 12.1. The molecule has 17 heavy (non-hydrogen) atoms. The fourth-order valence-corrected chi connectivity index (χ4v) is 2.05. The van der Waals surface area contributed by atoms with Gasteiger partial charge in [0.2, 0.25) is 0 Å². The van der Waals surface area contributed by atoms with Gasteiger partial charge in [-0.3, -0.25) is 0 Å². The summed E-state index contributed by atoms with van der Waals surface area (Å²) in [5.41, 5.74) is 8.41. The van der Waals surface area contributed by atoms with E-state index in [9.17, 15) is 0 Å². The summed E-state index contributed by atoms with van der Waals surface area (Å²) >= 11 is 0. The lowest BCUT2D eigenvalue weighted by Gasteiger charge is -2.25. The summed E-state index contributed by atoms with van der Waals surface area (Å²) in [5.74, 6) is 0.716. The highest BCUT2D eigenvalue weighted by Gasteiger charge is 2.19. The van der Waals surface area contributed by atoms with Crippen molar-refractivity contribution in [2.75, 3.05) is 13.2 Å². The van der Waals surface area contributed by atoms with E-state index in [0.717, 1.165) is 13.0 Å². The molecule has 1 rings (SSSR count). The molecule has 1 aromatic carbocycles. The van der Waals surface area contributed by atoms with E-state index >= 15 is 0 Å². The van der Waals surface area contributed by atoms with Crippen molar-refractivity contribution in [1.29, 1.82) is 0 Å². The first-order valence-electron chi connectivity index (χ1n) is 6.46. The molecular formula is C15H26N2. The third kappa shape index (κ3) is 4.49. The van der Waals surface area contributed by atoms with Crippen molar-refractivity contribution in [2.45, 2.75) is 39.5 Å². The van der Waals surface area contributed by atoms with E-state index in [1.807, 2.05) is 0 Å². The Morgan fingerprint density at radius 2 is 1.76 bits per heavy atom. The number of nitrogens with one attached hydrogen (secondary N) is 1. The van der Waals surface area contributed by atoms with Crippen molar-refractivity contribution >= 4 is 0 Å². The van der Waals surface area contributed by atoms with Crippen LogP contribution in [-0.2, 0) is 11.8 Å². The second kappa shape index (κ2) is 6.18. The van der Waals surface area contributed by atoms with E-state index in [4.69, 9.17) is 5.73 Å². The van der Waals surface area contributed by atoms with Crippen LogP contribution in [0.25, 0.3) is 0 Å². The molecule has 1 aromatic rings. The Balaban J connectivity index is 2.72. The maximum absolute atomic E-state index is 5.48. The second-order valence-corrected chi connectivity index (χ2v) is 5.81. The molecule has 96 valence electrons. The Morgan fingerprint density at radius 3 is 2.24 bits per heavy atom. The molecule has 0 atom stereocenters. The molecular weight excluding hydrogens is 208 g/mol. The average Bonchev–Trinajstić information content (AvgIpc) is 2.26. The Hall–Kier alpha value is -0.860. The van der Waals surface area contributed by atoms with Crippen LogP contribution >= 0.6 is 0 Å². The molecule has 0 bridgehead atoms. The van der Waals surface area contributed by atoms with Gasteiger partial charge >= 0.3 is 0 Å². The summed E-state index contributed by atoms with van der Waals surface area (Å²) in [6.07, 6.45) is 1.15. The zero-order chi connectivity index (χ0) is 12.9. The standard InChI is InChI=1S/C15H26N2/c1-12(2)9-13-5-7-14(8-6-13)15(3,4)10-17-11-16/h5-8,12,17H,9-11,16H2,1-4H3. The molecule has 0 radical (unpaired) electrons. The van der Waals surface area contributed by atoms with Gasteiger partial charge in [0.25, 0.3) is 0 Å². The van der Waals surface area contributed by atoms with Crippen LogP contribution in [0.4, 0.5) is 0 Å². The summed E-state index contributed by atoms with van der Waals surface area (Å²) in [4.78, 5) is 0. The highest BCUT2D eigenvalue weighted by atomic mass is 15.0. The van der Waals surface area contributed by atoms with Crippen LogP contribution in [0.15, 0.2) is 24.3 Å². The first-order chi connectivity index (χ1) is 7.95. The van der Waals surface area contributed by atoms with E-state index < -0.39 is 0 Å². The smallest absolute Gasteiger partial charge is 0.0429 e. The molecule has 0 saturated heterocycles. The maximum atomic E-state index is 5.48. The molecule has 0 aliphatic heterocycles. The zero-order valence-corrected chi connectivity index (χ0v) is 11.6. The van der Waals surface area contributed by atoms with E-state index in [1.165, 1.54) is 11.1 Å². The predicted molar refractivity (Wildman–Crippen MR) is 75.1 cm³/mol. The van der Waals surface area contributed by atoms with Crippen LogP contribution in [0.5, 0.6) is 0 Å². The first-order valence-corrected chi connectivity index (χ1v) is 6.46. The molecule has 3 N–H and O–H groups in total. The summed E-state index contributed by atoms with van der Waals surface area (Å²) in [6.45, 7) is 10.4. The number of nitrogens with two attached hydrogens (primary N) is 1. The fraction of sp³-hybridized carbons (Fsp3) is 0.600. The SMILES string of the molecule is CC(C)Cc1ccc(C(C)(C)CNCN)cc1. The first kappa shape index (κ1) is 14.2. The molecule has 0 fully saturated rings. The third-order valence-corrected chi connectivity index (χ3v) is 3.09. The number of hydrogen-bond acceptors (Lipinski definition) is 2. The lowest BCUT2D eigenvalue weighted by molar-refractivity contribution is 0.474. The second-order valence-electron chi connectivity index (χ2n) is 5.81. The van der Waals surface area contributed by atoms with E-state index in [2.05, 4.69) is 57.3 Å². The highest BCUT2D eigenvalue weighted by molar-refractivity contribution is 5.28. The van der Waals surface area contributed by atoms with Gasteiger partial charge in [-0.05, 0) is 23.5 Å². The fourth-order valence-electron chi connectivity index (χ4n) is 2.05. The molecule has 2 nitrogen and oxygen atoms in total. The molecule has 0 spiro atoms. The monoisotopic (exact) mass is 234 g/mol. The summed E-state index contributed by atoms with van der Waals surface area (Å²) in [5, 5.41) is 3.21. The molecule has 0 saturated carbocycles. The van der Waals surface area contributed by atoms with Crippen LogP contribution in [0.2, 0.25) is 0 Å². The Bertz CT molecular complexity index is 325. The van der Waals surface area contributed by atoms with Crippen molar-refractivity contribution in [2.24, 2.45) is 11.7 Å². The lowest BCUT2D eigenvalue weighted by atomic mass is 9.84. The van der Waals surface area contributed by atoms with Gasteiger partial charge in [0.05, 0.1) is 0 Å². The Kier molecular flexibility index (Phi) is 5.16. The van der Waals surface area contributed by atoms with Crippen molar-refractivity contribution in [3.63, 3.8) is 0 Å². The van der Waals surface area contributed by atoms with Crippen molar-refractivity contribution in [1.82, 2.24) is 5.32 Å². The van der Waals surface area contributed by atoms with Crippen molar-refractivity contribution in [3.8, 4) is 0 Å². The van der Waals surface area contributed by atoms with Gasteiger partial charge in [-0.1, -0.05) is 52.0 Å². The maximum Gasteiger partial charge on any atom is 0.0429 e. The highest BCUT2D eigenvalue weighted by Crippen LogP contribution is 2.23. The van der Waals surface area contributed by atoms with Crippen LogP contribution in [0, 0.1) is 5.92 Å². The number of rotatable bonds is 6. The van der Waals surface area contributed by atoms with Crippen molar-refractivity contribution < 1.29 is 0 Å². The van der Waals surface area contributed by atoms with Crippen molar-refractivity contribution in [3.05, 3.63) is 35.4 Å². The van der Waals surface area contributed by atoms with Gasteiger partial charge in [0.15, 0.2) is 0 Å². The van der Waals surface area contributed by atoms with Gasteiger partial charge in [-0.2, -0.15) is 0 Å². The van der Waals surface area contributed by atoms with E-state index in [-0.39, 0.29) is 5.41 Å². The largest absolute Gasteiger partial charge is 0.318 e. The Labute approximate surface area is 106 Å². The minimum Gasteiger partial charge on any atom is -0.318 e. The molecule has 0 aliphatic rings. The van der Waals surface area contributed by atoms with Gasteiger partial charge in [-0.25, -0.2) is 0 Å². The average molecular weight is 234 g/mol. The zero-order valence-electron chi connectivity index (χ0n) is 11.6. The topological polar surface area (TPSA) is 38.0 Å². The molecule has 0 unspecified atom stereocenters. The van der Waals surface area contributed by atoms with Gasteiger partial charge in [0, 0.05) is 18.6 Å². The van der Waals surface area contributed by atoms with Crippen LogP contribution in [0.3, 0.4) is 0 Å². The summed E-state index contributed by atoms with van der Waals surface area (Å²) in [7, 11) is 0. The minimum absolute atomic E-state index is 0.135. The van der Waals surface area contributed by atoms with Crippen LogP contribution in [0.1, 0.15) is 38.8 Å². The summed E-state index contributed by atoms with van der Waals surface area (Å²) < 4.78 is 0. The lowest BCUT2D eigenvalue weighted by Crippen LogP contribution is -2.35. The molecule has 2 heteroatoms. The van der Waals surface area contributed by atoms with Gasteiger partial charge in [0.1, 0.15) is 0 Å². The van der Waals surface area contributed by atoms with Crippen LogP contribution in [-0.4, -0.2) is 13.2 Å². The molecule has 0 aliphatic carbocycles. The van der Waals surface area contributed by atoms with E-state index in [1.54, 1.807) is 0 Å². The van der Waals surface area contributed by atoms with Crippen LogP contribution < -0.4 is 11.1 Å². The number of hydrogen-bond donors (Lipinski definition) is 2. The van der Waals surface area contributed by atoms with E-state index in [0.29, 0.717) is 12.6 Å². The third-order valence-electron chi connectivity index (χ3n) is 3.09. The quantitative estimate of drug-likeness (QED) is 0.743. The molecule has 0 aromatic heterocycles. The number of benzene rings is 1. The minimum atomic E-state index is 0.135. The molecule has 0 amide bonds. The molecule has 0 heterocycles. The van der Waals surface area contributed by atoms with Gasteiger partial charge in [-0.15, -0.1) is 0 Å². The van der Waals surface area contributed by atoms with Gasteiger partial charge < -0.3 is 11.1 Å².